The van der Waals surface area contributed by atoms with Crippen molar-refractivity contribution in [2.45, 2.75) is 13.3 Å². The summed E-state index contributed by atoms with van der Waals surface area (Å²) in [5.74, 6) is -0.245. The summed E-state index contributed by atoms with van der Waals surface area (Å²) in [6, 6.07) is 16.7. The maximum absolute atomic E-state index is 12.0. The van der Waals surface area contributed by atoms with Gasteiger partial charge in [-0.3, -0.25) is 20.4 Å². The van der Waals surface area contributed by atoms with Gasteiger partial charge >= 0.3 is 0 Å². The second kappa shape index (κ2) is 7.49. The fourth-order valence-electron chi connectivity index (χ4n) is 2.37. The SMILES string of the molecule is CCc1ccc(C(=O)NNC(=O)/C=C/c2cc3ccccc3o2)cc1. The van der Waals surface area contributed by atoms with E-state index in [1.165, 1.54) is 6.08 Å². The van der Waals surface area contributed by atoms with E-state index in [9.17, 15) is 9.59 Å². The number of nitrogens with one attached hydrogen (secondary N) is 2. The molecule has 0 fully saturated rings. The van der Waals surface area contributed by atoms with Crippen LogP contribution in [-0.2, 0) is 11.2 Å². The predicted octanol–water partition coefficient (Wildman–Crippen LogP) is 3.47. The van der Waals surface area contributed by atoms with Crippen LogP contribution in [0.2, 0.25) is 0 Å². The molecule has 0 aliphatic heterocycles. The van der Waals surface area contributed by atoms with Crippen LogP contribution in [0.15, 0.2) is 65.1 Å². The Morgan fingerprint density at radius 1 is 1.04 bits per heavy atom. The quantitative estimate of drug-likeness (QED) is 0.567. The molecular formula is C20H18N2O3. The lowest BCUT2D eigenvalue weighted by Gasteiger charge is -2.05. The number of hydrogen-bond acceptors (Lipinski definition) is 3. The maximum Gasteiger partial charge on any atom is 0.269 e. The van der Waals surface area contributed by atoms with Crippen LogP contribution >= 0.6 is 0 Å². The number of furan rings is 1. The summed E-state index contributed by atoms with van der Waals surface area (Å²) in [5, 5.41) is 0.964. The topological polar surface area (TPSA) is 71.3 Å². The highest BCUT2D eigenvalue weighted by atomic mass is 16.3. The van der Waals surface area contributed by atoms with Gasteiger partial charge in [-0.25, -0.2) is 0 Å². The summed E-state index contributed by atoms with van der Waals surface area (Å²) < 4.78 is 5.58. The van der Waals surface area contributed by atoms with Crippen molar-refractivity contribution in [3.63, 3.8) is 0 Å². The Labute approximate surface area is 145 Å². The molecule has 0 atom stereocenters. The zero-order chi connectivity index (χ0) is 17.6. The first-order chi connectivity index (χ1) is 12.2. The van der Waals surface area contributed by atoms with Crippen molar-refractivity contribution in [1.29, 1.82) is 0 Å². The minimum Gasteiger partial charge on any atom is -0.457 e. The summed E-state index contributed by atoms with van der Waals surface area (Å²) >= 11 is 0. The van der Waals surface area contributed by atoms with E-state index in [2.05, 4.69) is 10.9 Å². The molecule has 2 aromatic carbocycles. The van der Waals surface area contributed by atoms with E-state index in [4.69, 9.17) is 4.42 Å². The first-order valence-corrected chi connectivity index (χ1v) is 8.01. The fourth-order valence-corrected chi connectivity index (χ4v) is 2.37. The van der Waals surface area contributed by atoms with Crippen LogP contribution < -0.4 is 10.9 Å². The molecule has 2 N–H and O–H groups in total. The summed E-state index contributed by atoms with van der Waals surface area (Å²) in [5.41, 5.74) is 7.11. The molecule has 0 radical (unpaired) electrons. The molecule has 0 spiro atoms. The fraction of sp³-hybridized carbons (Fsp3) is 0.100. The van der Waals surface area contributed by atoms with Crippen LogP contribution in [0.3, 0.4) is 0 Å². The summed E-state index contributed by atoms with van der Waals surface area (Å²) in [6.45, 7) is 2.05. The van der Waals surface area contributed by atoms with Gasteiger partial charge in [-0.15, -0.1) is 0 Å². The van der Waals surface area contributed by atoms with Crippen molar-refractivity contribution in [2.75, 3.05) is 0 Å². The van der Waals surface area contributed by atoms with E-state index < -0.39 is 5.91 Å². The maximum atomic E-state index is 12.0. The Balaban J connectivity index is 1.55. The number of hydrogen-bond donors (Lipinski definition) is 2. The van der Waals surface area contributed by atoms with Crippen molar-refractivity contribution in [1.82, 2.24) is 10.9 Å². The normalized spacial score (nSPS) is 10.9. The van der Waals surface area contributed by atoms with Gasteiger partial charge in [-0.1, -0.05) is 37.3 Å². The van der Waals surface area contributed by atoms with Gasteiger partial charge < -0.3 is 4.42 Å². The molecule has 126 valence electrons. The molecule has 0 bridgehead atoms. The van der Waals surface area contributed by atoms with Crippen molar-refractivity contribution < 1.29 is 14.0 Å². The molecule has 1 aromatic heterocycles. The number of para-hydroxylation sites is 1. The highest BCUT2D eigenvalue weighted by molar-refractivity contribution is 5.98. The van der Waals surface area contributed by atoms with Crippen LogP contribution in [0.1, 0.15) is 28.6 Å². The van der Waals surface area contributed by atoms with Crippen LogP contribution in [0, 0.1) is 0 Å². The van der Waals surface area contributed by atoms with Crippen LogP contribution in [-0.4, -0.2) is 11.8 Å². The lowest BCUT2D eigenvalue weighted by Crippen LogP contribution is -2.40. The zero-order valence-corrected chi connectivity index (χ0v) is 13.8. The van der Waals surface area contributed by atoms with Crippen molar-refractivity contribution in [2.24, 2.45) is 0 Å². The molecule has 0 saturated heterocycles. The van der Waals surface area contributed by atoms with Gasteiger partial charge in [-0.05, 0) is 42.3 Å². The Morgan fingerprint density at radius 3 is 2.52 bits per heavy atom. The minimum atomic E-state index is -0.445. The van der Waals surface area contributed by atoms with E-state index in [0.29, 0.717) is 11.3 Å². The van der Waals surface area contributed by atoms with E-state index in [1.807, 2.05) is 49.4 Å². The summed E-state index contributed by atoms with van der Waals surface area (Å²) in [4.78, 5) is 23.8. The molecule has 3 aromatic rings. The van der Waals surface area contributed by atoms with Gasteiger partial charge in [0.25, 0.3) is 11.8 Å². The Kier molecular flexibility index (Phi) is 4.95. The monoisotopic (exact) mass is 334 g/mol. The number of fused-ring (bicyclic) bond motifs is 1. The third-order valence-electron chi connectivity index (χ3n) is 3.77. The number of rotatable bonds is 4. The van der Waals surface area contributed by atoms with Crippen molar-refractivity contribution in [3.8, 4) is 0 Å². The molecule has 0 unspecified atom stereocenters. The third kappa shape index (κ3) is 4.14. The van der Waals surface area contributed by atoms with E-state index in [-0.39, 0.29) is 5.91 Å². The standard InChI is InChI=1S/C20H18N2O3/c1-2-14-7-9-15(10-8-14)20(24)22-21-19(23)12-11-17-13-16-5-3-4-6-18(16)25-17/h3-13H,2H2,1H3,(H,21,23)(H,22,24)/b12-11+. The Bertz CT molecular complexity index is 891. The number of carbonyl (C=O) groups is 2. The molecule has 0 aliphatic rings. The molecular weight excluding hydrogens is 316 g/mol. The molecule has 1 heterocycles. The largest absolute Gasteiger partial charge is 0.457 e. The number of carbonyl (C=O) groups excluding carboxylic acids is 2. The molecule has 25 heavy (non-hydrogen) atoms. The predicted molar refractivity (Wildman–Crippen MR) is 96.7 cm³/mol. The molecule has 0 saturated carbocycles. The Hall–Kier alpha value is -3.34. The highest BCUT2D eigenvalue weighted by Gasteiger charge is 2.06. The van der Waals surface area contributed by atoms with Gasteiger partial charge in [-0.2, -0.15) is 0 Å². The molecule has 3 rings (SSSR count). The smallest absolute Gasteiger partial charge is 0.269 e. The first kappa shape index (κ1) is 16.5. The third-order valence-corrected chi connectivity index (χ3v) is 3.77. The van der Waals surface area contributed by atoms with Gasteiger partial charge in [0.05, 0.1) is 0 Å². The second-order valence-corrected chi connectivity index (χ2v) is 5.51. The van der Waals surface area contributed by atoms with Crippen molar-refractivity contribution >= 4 is 28.9 Å². The Morgan fingerprint density at radius 2 is 1.80 bits per heavy atom. The number of amides is 2. The van der Waals surface area contributed by atoms with Crippen LogP contribution in [0.5, 0.6) is 0 Å². The lowest BCUT2D eigenvalue weighted by molar-refractivity contribution is -0.117. The number of benzene rings is 2. The summed E-state index contributed by atoms with van der Waals surface area (Å²) in [7, 11) is 0. The van der Waals surface area contributed by atoms with Crippen LogP contribution in [0.4, 0.5) is 0 Å². The van der Waals surface area contributed by atoms with E-state index in [1.54, 1.807) is 18.2 Å². The summed E-state index contributed by atoms with van der Waals surface area (Å²) in [6.07, 6.45) is 3.76. The molecule has 2 amide bonds. The average Bonchev–Trinajstić information content (AvgIpc) is 3.07. The van der Waals surface area contributed by atoms with E-state index in [0.717, 1.165) is 23.0 Å². The van der Waals surface area contributed by atoms with Crippen LogP contribution in [0.25, 0.3) is 17.0 Å². The number of aryl methyl sites for hydroxylation is 1. The number of hydrazine groups is 1. The van der Waals surface area contributed by atoms with Gasteiger partial charge in [0, 0.05) is 17.0 Å². The van der Waals surface area contributed by atoms with Crippen molar-refractivity contribution in [3.05, 3.63) is 77.6 Å². The van der Waals surface area contributed by atoms with Gasteiger partial charge in [0.2, 0.25) is 0 Å². The average molecular weight is 334 g/mol. The van der Waals surface area contributed by atoms with E-state index >= 15 is 0 Å². The zero-order valence-electron chi connectivity index (χ0n) is 13.8. The molecule has 0 aliphatic carbocycles. The van der Waals surface area contributed by atoms with Gasteiger partial charge in [0.15, 0.2) is 0 Å². The highest BCUT2D eigenvalue weighted by Crippen LogP contribution is 2.19. The minimum absolute atomic E-state index is 0.367. The lowest BCUT2D eigenvalue weighted by atomic mass is 10.1. The molecule has 5 nitrogen and oxygen atoms in total. The van der Waals surface area contributed by atoms with Gasteiger partial charge in [0.1, 0.15) is 11.3 Å². The first-order valence-electron chi connectivity index (χ1n) is 8.01. The molecule has 5 heteroatoms. The second-order valence-electron chi connectivity index (χ2n) is 5.51.